The summed E-state index contributed by atoms with van der Waals surface area (Å²) >= 11 is 1.62. The Morgan fingerprint density at radius 3 is 3.25 bits per heavy atom. The molecule has 2 aromatic rings. The number of hydrogen-bond donors (Lipinski definition) is 0. The Morgan fingerprint density at radius 2 is 2.42 bits per heavy atom. The van der Waals surface area contributed by atoms with E-state index in [4.69, 9.17) is 4.74 Å². The first-order chi connectivity index (χ1) is 5.90. The third-order valence-electron chi connectivity index (χ3n) is 1.68. The molecule has 0 amide bonds. The molecule has 0 saturated heterocycles. The van der Waals surface area contributed by atoms with Crippen LogP contribution < -0.4 is 4.74 Å². The van der Waals surface area contributed by atoms with Crippen LogP contribution in [0.4, 0.5) is 0 Å². The van der Waals surface area contributed by atoms with Crippen molar-refractivity contribution in [2.75, 3.05) is 6.61 Å². The van der Waals surface area contributed by atoms with E-state index < -0.39 is 0 Å². The quantitative estimate of drug-likeness (QED) is 0.685. The first-order valence-electron chi connectivity index (χ1n) is 3.92. The van der Waals surface area contributed by atoms with E-state index in [-0.39, 0.29) is 0 Å². The van der Waals surface area contributed by atoms with E-state index in [1.807, 2.05) is 19.1 Å². The highest BCUT2D eigenvalue weighted by Gasteiger charge is 1.96. The van der Waals surface area contributed by atoms with E-state index in [2.05, 4.69) is 17.5 Å². The molecule has 1 aromatic carbocycles. The average molecular weight is 177 g/mol. The molecule has 0 aliphatic rings. The van der Waals surface area contributed by atoms with Gasteiger partial charge in [-0.2, -0.15) is 0 Å². The minimum atomic E-state index is 0.723. The molecule has 12 heavy (non-hydrogen) atoms. The molecule has 0 fully saturated rings. The summed E-state index contributed by atoms with van der Waals surface area (Å²) in [5, 5.41) is 4.33. The number of hydrogen-bond acceptors (Lipinski definition) is 2. The van der Waals surface area contributed by atoms with E-state index in [1.165, 1.54) is 10.1 Å². The molecule has 1 radical (unpaired) electrons. The molecule has 0 bridgehead atoms. The summed E-state index contributed by atoms with van der Waals surface area (Å²) in [6.45, 7) is 2.71. The Kier molecular flexibility index (Phi) is 2.00. The molecular formula is C10H9OS. The summed E-state index contributed by atoms with van der Waals surface area (Å²) in [6.07, 6.45) is 0. The highest BCUT2D eigenvalue weighted by Crippen LogP contribution is 2.24. The zero-order chi connectivity index (χ0) is 8.39. The van der Waals surface area contributed by atoms with Crippen LogP contribution in [0.15, 0.2) is 24.3 Å². The molecule has 0 aliphatic carbocycles. The Bertz CT molecular complexity index is 378. The number of ether oxygens (including phenoxy) is 1. The molecule has 2 heteroatoms. The van der Waals surface area contributed by atoms with E-state index in [1.54, 1.807) is 11.3 Å². The maximum atomic E-state index is 5.38. The van der Waals surface area contributed by atoms with Crippen LogP contribution in [0, 0.1) is 5.38 Å². The molecule has 61 valence electrons. The summed E-state index contributed by atoms with van der Waals surface area (Å²) in [4.78, 5) is 0. The predicted molar refractivity (Wildman–Crippen MR) is 51.8 cm³/mol. The lowest BCUT2D eigenvalue weighted by molar-refractivity contribution is 0.341. The Morgan fingerprint density at radius 1 is 1.50 bits per heavy atom. The van der Waals surface area contributed by atoms with Crippen LogP contribution in [0.2, 0.25) is 0 Å². The van der Waals surface area contributed by atoms with Crippen molar-refractivity contribution >= 4 is 21.4 Å². The van der Waals surface area contributed by atoms with E-state index in [9.17, 15) is 0 Å². The highest BCUT2D eigenvalue weighted by molar-refractivity contribution is 7.16. The minimum Gasteiger partial charge on any atom is -0.494 e. The third kappa shape index (κ3) is 1.30. The fourth-order valence-corrected chi connectivity index (χ4v) is 1.87. The minimum absolute atomic E-state index is 0.723. The molecule has 1 heterocycles. The number of fused-ring (bicyclic) bond motifs is 1. The standard InChI is InChI=1S/C10H9OS/c1-2-11-9-4-3-8-5-6-12-10(8)7-9/h3-5,7H,2H2,1H3. The van der Waals surface area contributed by atoms with Crippen molar-refractivity contribution < 1.29 is 4.74 Å². The van der Waals surface area contributed by atoms with Gasteiger partial charge in [0, 0.05) is 10.1 Å². The molecule has 1 aromatic heterocycles. The van der Waals surface area contributed by atoms with E-state index in [0.717, 1.165) is 12.4 Å². The molecule has 1 nitrogen and oxygen atoms in total. The molecule has 2 rings (SSSR count). The van der Waals surface area contributed by atoms with Crippen molar-refractivity contribution in [1.82, 2.24) is 0 Å². The summed E-state index contributed by atoms with van der Waals surface area (Å²) in [5.41, 5.74) is 0. The zero-order valence-electron chi connectivity index (χ0n) is 6.83. The van der Waals surface area contributed by atoms with Crippen LogP contribution in [-0.4, -0.2) is 6.61 Å². The van der Waals surface area contributed by atoms with Crippen molar-refractivity contribution in [3.8, 4) is 5.75 Å². The SMILES string of the molecule is CCOc1ccc2c[c]sc2c1. The smallest absolute Gasteiger partial charge is 0.120 e. The highest BCUT2D eigenvalue weighted by atomic mass is 32.1. The molecule has 0 N–H and O–H groups in total. The largest absolute Gasteiger partial charge is 0.494 e. The number of rotatable bonds is 2. The van der Waals surface area contributed by atoms with Gasteiger partial charge in [-0.05, 0) is 36.6 Å². The van der Waals surface area contributed by atoms with E-state index in [0.29, 0.717) is 0 Å². The Balaban J connectivity index is 2.46. The molecule has 0 atom stereocenters. The zero-order valence-corrected chi connectivity index (χ0v) is 7.65. The van der Waals surface area contributed by atoms with Crippen LogP contribution in [0.5, 0.6) is 5.75 Å². The van der Waals surface area contributed by atoms with Crippen molar-refractivity contribution in [2.24, 2.45) is 0 Å². The second-order valence-corrected chi connectivity index (χ2v) is 3.38. The molecule has 0 spiro atoms. The monoisotopic (exact) mass is 177 g/mol. The Labute approximate surface area is 75.6 Å². The van der Waals surface area contributed by atoms with Gasteiger partial charge >= 0.3 is 0 Å². The van der Waals surface area contributed by atoms with Gasteiger partial charge in [-0.1, -0.05) is 0 Å². The molecular weight excluding hydrogens is 168 g/mol. The third-order valence-corrected chi connectivity index (χ3v) is 2.49. The molecule has 0 unspecified atom stereocenters. The lowest BCUT2D eigenvalue weighted by Gasteiger charge is -2.01. The van der Waals surface area contributed by atoms with Crippen LogP contribution in [-0.2, 0) is 0 Å². The number of thiophene rings is 1. The first-order valence-corrected chi connectivity index (χ1v) is 4.74. The van der Waals surface area contributed by atoms with Gasteiger partial charge in [0.05, 0.1) is 6.61 Å². The van der Waals surface area contributed by atoms with Gasteiger partial charge < -0.3 is 4.74 Å². The van der Waals surface area contributed by atoms with Gasteiger partial charge in [-0.15, -0.1) is 11.3 Å². The van der Waals surface area contributed by atoms with Gasteiger partial charge in [0.15, 0.2) is 0 Å². The van der Waals surface area contributed by atoms with Crippen molar-refractivity contribution in [3.63, 3.8) is 0 Å². The van der Waals surface area contributed by atoms with Crippen molar-refractivity contribution in [1.29, 1.82) is 0 Å². The topological polar surface area (TPSA) is 9.23 Å². The second kappa shape index (κ2) is 3.15. The van der Waals surface area contributed by atoms with Gasteiger partial charge in [-0.25, -0.2) is 0 Å². The first kappa shape index (κ1) is 7.62. The maximum Gasteiger partial charge on any atom is 0.120 e. The summed E-state index contributed by atoms with van der Waals surface area (Å²) in [5.74, 6) is 0.945. The van der Waals surface area contributed by atoms with Gasteiger partial charge in [0.25, 0.3) is 0 Å². The van der Waals surface area contributed by atoms with Gasteiger partial charge in [-0.3, -0.25) is 0 Å². The number of benzene rings is 1. The fourth-order valence-electron chi connectivity index (χ4n) is 1.14. The van der Waals surface area contributed by atoms with E-state index >= 15 is 0 Å². The summed E-state index contributed by atoms with van der Waals surface area (Å²) in [7, 11) is 0. The van der Waals surface area contributed by atoms with Crippen molar-refractivity contribution in [3.05, 3.63) is 29.6 Å². The van der Waals surface area contributed by atoms with Crippen LogP contribution in [0.1, 0.15) is 6.92 Å². The second-order valence-electron chi connectivity index (χ2n) is 2.50. The van der Waals surface area contributed by atoms with Gasteiger partial charge in [0.1, 0.15) is 5.75 Å². The maximum absolute atomic E-state index is 5.38. The summed E-state index contributed by atoms with van der Waals surface area (Å²) < 4.78 is 6.61. The predicted octanol–water partition coefficient (Wildman–Crippen LogP) is 3.10. The van der Waals surface area contributed by atoms with Crippen LogP contribution in [0.3, 0.4) is 0 Å². The summed E-state index contributed by atoms with van der Waals surface area (Å²) in [6, 6.07) is 8.11. The normalized spacial score (nSPS) is 10.4. The van der Waals surface area contributed by atoms with Crippen LogP contribution in [0.25, 0.3) is 10.1 Å². The van der Waals surface area contributed by atoms with Crippen molar-refractivity contribution in [2.45, 2.75) is 6.92 Å². The lowest BCUT2D eigenvalue weighted by atomic mass is 10.2. The average Bonchev–Trinajstić information content (AvgIpc) is 2.51. The van der Waals surface area contributed by atoms with Crippen LogP contribution >= 0.6 is 11.3 Å². The lowest BCUT2D eigenvalue weighted by Crippen LogP contribution is -1.89. The molecule has 0 saturated carbocycles. The Hall–Kier alpha value is -1.02. The fraction of sp³-hybridized carbons (Fsp3) is 0.200. The van der Waals surface area contributed by atoms with Gasteiger partial charge in [0.2, 0.25) is 0 Å². The molecule has 0 aliphatic heterocycles.